The van der Waals surface area contributed by atoms with Crippen LogP contribution in [0.2, 0.25) is 0 Å². The number of ketones is 1. The Balaban J connectivity index is 2.21. The number of benzene rings is 1. The van der Waals surface area contributed by atoms with Gasteiger partial charge in [-0.15, -0.1) is 10.2 Å². The first-order valence-corrected chi connectivity index (χ1v) is 7.43. The number of nitrogens with zero attached hydrogens (tertiary/aromatic N) is 3. The largest absolute Gasteiger partial charge is 0.299 e. The van der Waals surface area contributed by atoms with Crippen LogP contribution in [-0.2, 0) is 17.3 Å². The zero-order chi connectivity index (χ0) is 13.1. The maximum absolute atomic E-state index is 12.0. The molecule has 94 valence electrons. The summed E-state index contributed by atoms with van der Waals surface area (Å²) < 4.78 is 13.7. The number of carbonyl (C=O) groups is 1. The van der Waals surface area contributed by atoms with Gasteiger partial charge in [0.1, 0.15) is 6.33 Å². The molecule has 2 aromatic rings. The quantitative estimate of drug-likeness (QED) is 0.801. The van der Waals surface area contributed by atoms with E-state index in [4.69, 9.17) is 0 Å². The normalized spacial score (nSPS) is 12.3. The van der Waals surface area contributed by atoms with Crippen LogP contribution in [0.1, 0.15) is 10.4 Å². The molecule has 0 N–H and O–H groups in total. The number of Topliss-reactive ketones (excluding diaryl/α,β-unsaturated/α-hetero) is 1. The average molecular weight is 328 g/mol. The average Bonchev–Trinajstić information content (AvgIpc) is 2.77. The van der Waals surface area contributed by atoms with Crippen LogP contribution in [0.15, 0.2) is 40.2 Å². The molecule has 5 nitrogen and oxygen atoms in total. The van der Waals surface area contributed by atoms with Crippen LogP contribution >= 0.6 is 15.9 Å². The molecule has 1 heterocycles. The van der Waals surface area contributed by atoms with Crippen molar-refractivity contribution in [3.63, 3.8) is 0 Å². The third kappa shape index (κ3) is 2.91. The molecule has 1 aromatic heterocycles. The molecule has 0 spiro atoms. The lowest BCUT2D eigenvalue weighted by Gasteiger charge is -2.04. The molecule has 0 aliphatic rings. The topological polar surface area (TPSA) is 64.8 Å². The highest BCUT2D eigenvalue weighted by atomic mass is 79.9. The number of hydrogen-bond acceptors (Lipinski definition) is 4. The minimum absolute atomic E-state index is 0.0807. The lowest BCUT2D eigenvalue weighted by Crippen LogP contribution is -2.13. The highest BCUT2D eigenvalue weighted by Crippen LogP contribution is 2.13. The van der Waals surface area contributed by atoms with Gasteiger partial charge in [-0.1, -0.05) is 28.1 Å². The maximum Gasteiger partial charge on any atom is 0.221 e. The molecule has 0 saturated heterocycles. The van der Waals surface area contributed by atoms with E-state index >= 15 is 0 Å². The van der Waals surface area contributed by atoms with Crippen LogP contribution < -0.4 is 0 Å². The molecule has 0 amide bonds. The van der Waals surface area contributed by atoms with E-state index in [1.807, 2.05) is 6.07 Å². The van der Waals surface area contributed by atoms with Crippen molar-refractivity contribution in [3.8, 4) is 0 Å². The van der Waals surface area contributed by atoms with Crippen LogP contribution in [0, 0.1) is 0 Å². The van der Waals surface area contributed by atoms with Crippen molar-refractivity contribution in [1.29, 1.82) is 0 Å². The molecule has 18 heavy (non-hydrogen) atoms. The molecule has 7 heteroatoms. The molecule has 0 unspecified atom stereocenters. The van der Waals surface area contributed by atoms with Gasteiger partial charge in [-0.2, -0.15) is 0 Å². The summed E-state index contributed by atoms with van der Waals surface area (Å²) in [5.41, 5.74) is 0.589. The summed E-state index contributed by atoms with van der Waals surface area (Å²) in [5, 5.41) is 7.70. The summed E-state index contributed by atoms with van der Waals surface area (Å²) >= 11 is 3.31. The number of carbonyl (C=O) groups excluding carboxylic acids is 1. The van der Waals surface area contributed by atoms with Crippen molar-refractivity contribution < 1.29 is 9.00 Å². The molecule has 1 aromatic carbocycles. The summed E-state index contributed by atoms with van der Waals surface area (Å²) in [6.45, 7) is 0.0817. The van der Waals surface area contributed by atoms with E-state index < -0.39 is 10.8 Å². The molecule has 1 atom stereocenters. The highest BCUT2D eigenvalue weighted by molar-refractivity contribution is 9.10. The maximum atomic E-state index is 12.0. The molecule has 0 saturated carbocycles. The SMILES string of the molecule is C[S@](=O)c1nncn1CC(=O)c1cccc(Br)c1. The Morgan fingerprint density at radius 1 is 1.50 bits per heavy atom. The van der Waals surface area contributed by atoms with E-state index in [0.717, 1.165) is 4.47 Å². The lowest BCUT2D eigenvalue weighted by molar-refractivity contribution is 0.0969. The minimum Gasteiger partial charge on any atom is -0.299 e. The monoisotopic (exact) mass is 327 g/mol. The summed E-state index contributed by atoms with van der Waals surface area (Å²) in [5.74, 6) is -0.0807. The second-order valence-corrected chi connectivity index (χ2v) is 5.82. The highest BCUT2D eigenvalue weighted by Gasteiger charge is 2.13. The molecule has 0 aliphatic heterocycles. The minimum atomic E-state index is -1.26. The van der Waals surface area contributed by atoms with Crippen LogP contribution in [0.4, 0.5) is 0 Å². The van der Waals surface area contributed by atoms with Gasteiger partial charge in [0.25, 0.3) is 0 Å². The van der Waals surface area contributed by atoms with Crippen LogP contribution in [0.3, 0.4) is 0 Å². The van der Waals surface area contributed by atoms with E-state index in [1.54, 1.807) is 18.2 Å². The number of aromatic nitrogens is 3. The van der Waals surface area contributed by atoms with Crippen LogP contribution in [-0.4, -0.2) is 31.0 Å². The van der Waals surface area contributed by atoms with Crippen molar-refractivity contribution in [3.05, 3.63) is 40.6 Å². The lowest BCUT2D eigenvalue weighted by atomic mass is 10.1. The van der Waals surface area contributed by atoms with E-state index in [9.17, 15) is 9.00 Å². The second-order valence-electron chi connectivity index (χ2n) is 3.63. The first-order chi connectivity index (χ1) is 8.58. The van der Waals surface area contributed by atoms with Gasteiger partial charge >= 0.3 is 0 Å². The number of halogens is 1. The number of rotatable bonds is 4. The van der Waals surface area contributed by atoms with E-state index in [-0.39, 0.29) is 12.3 Å². The smallest absolute Gasteiger partial charge is 0.221 e. The fourth-order valence-corrected chi connectivity index (χ4v) is 2.49. The van der Waals surface area contributed by atoms with E-state index in [1.165, 1.54) is 17.2 Å². The van der Waals surface area contributed by atoms with Crippen molar-refractivity contribution in [1.82, 2.24) is 14.8 Å². The summed E-state index contributed by atoms with van der Waals surface area (Å²) in [7, 11) is -1.26. The molecule has 0 radical (unpaired) electrons. The van der Waals surface area contributed by atoms with Gasteiger partial charge in [0.2, 0.25) is 5.16 Å². The van der Waals surface area contributed by atoms with Gasteiger partial charge < -0.3 is 0 Å². The zero-order valence-corrected chi connectivity index (χ0v) is 11.9. The van der Waals surface area contributed by atoms with Gasteiger partial charge in [-0.25, -0.2) is 0 Å². The Hall–Kier alpha value is -1.34. The van der Waals surface area contributed by atoms with Crippen molar-refractivity contribution >= 4 is 32.5 Å². The fourth-order valence-electron chi connectivity index (χ4n) is 1.48. The van der Waals surface area contributed by atoms with E-state index in [2.05, 4.69) is 26.1 Å². The third-order valence-corrected chi connectivity index (χ3v) is 3.62. The molecule has 0 fully saturated rings. The molecule has 2 rings (SSSR count). The van der Waals surface area contributed by atoms with Crippen molar-refractivity contribution in [2.75, 3.05) is 6.26 Å². The Labute approximate surface area is 115 Å². The van der Waals surface area contributed by atoms with Gasteiger partial charge in [-0.05, 0) is 12.1 Å². The Bertz CT molecular complexity index is 612. The third-order valence-electron chi connectivity index (χ3n) is 2.30. The van der Waals surface area contributed by atoms with Gasteiger partial charge in [0.05, 0.1) is 17.3 Å². The molecular formula is C11H10BrN3O2S. The molecule has 0 bridgehead atoms. The predicted molar refractivity (Wildman–Crippen MR) is 70.8 cm³/mol. The zero-order valence-electron chi connectivity index (χ0n) is 9.54. The molecular weight excluding hydrogens is 318 g/mol. The summed E-state index contributed by atoms with van der Waals surface area (Å²) in [4.78, 5) is 12.0. The first-order valence-electron chi connectivity index (χ1n) is 5.08. The summed E-state index contributed by atoms with van der Waals surface area (Å²) in [6.07, 6.45) is 2.91. The predicted octanol–water partition coefficient (Wildman–Crippen LogP) is 1.66. The summed E-state index contributed by atoms with van der Waals surface area (Å²) in [6, 6.07) is 7.12. The standard InChI is InChI=1S/C11H10BrN3O2S/c1-18(17)11-14-13-7-15(11)6-10(16)8-3-2-4-9(12)5-8/h2-5,7H,6H2,1H3/t18-/m0/s1. The Morgan fingerprint density at radius 3 is 2.94 bits per heavy atom. The van der Waals surface area contributed by atoms with Crippen LogP contribution in [0.25, 0.3) is 0 Å². The fraction of sp³-hybridized carbons (Fsp3) is 0.182. The van der Waals surface area contributed by atoms with Gasteiger partial charge in [0.15, 0.2) is 5.78 Å². The van der Waals surface area contributed by atoms with Gasteiger partial charge in [0, 0.05) is 16.3 Å². The number of hydrogen-bond donors (Lipinski definition) is 0. The molecule has 0 aliphatic carbocycles. The van der Waals surface area contributed by atoms with Crippen molar-refractivity contribution in [2.24, 2.45) is 0 Å². The van der Waals surface area contributed by atoms with Gasteiger partial charge in [-0.3, -0.25) is 13.6 Å². The Kier molecular flexibility index (Phi) is 4.03. The first kappa shape index (κ1) is 13.1. The van der Waals surface area contributed by atoms with Crippen LogP contribution in [0.5, 0.6) is 0 Å². The van der Waals surface area contributed by atoms with E-state index in [0.29, 0.717) is 10.7 Å². The second kappa shape index (κ2) is 5.53. The van der Waals surface area contributed by atoms with Crippen molar-refractivity contribution in [2.45, 2.75) is 11.7 Å². The Morgan fingerprint density at radius 2 is 2.28 bits per heavy atom.